The van der Waals surface area contributed by atoms with E-state index in [1.807, 2.05) is 55.5 Å². The minimum absolute atomic E-state index is 0.182. The molecule has 1 atom stereocenters. The molecule has 0 radical (unpaired) electrons. The molecule has 0 saturated carbocycles. The summed E-state index contributed by atoms with van der Waals surface area (Å²) in [6.07, 6.45) is -0.0935. The van der Waals surface area contributed by atoms with E-state index in [1.165, 1.54) is 11.1 Å². The Morgan fingerprint density at radius 2 is 1.33 bits per heavy atom. The third-order valence-electron chi connectivity index (χ3n) is 5.75. The second kappa shape index (κ2) is 8.29. The fraction of sp³-hybridized carbons (Fsp3) is 0.222. The topological polar surface area (TPSA) is 46.3 Å². The van der Waals surface area contributed by atoms with E-state index in [0.717, 1.165) is 22.4 Å². The molecule has 0 bridgehead atoms. The third-order valence-corrected chi connectivity index (χ3v) is 5.75. The second-order valence-electron chi connectivity index (χ2n) is 8.42. The van der Waals surface area contributed by atoms with Crippen molar-refractivity contribution in [1.29, 1.82) is 0 Å². The zero-order chi connectivity index (χ0) is 21.1. The molecule has 1 heterocycles. The summed E-state index contributed by atoms with van der Waals surface area (Å²) in [6, 6.07) is 28.8. The Balaban J connectivity index is 1.61. The molecule has 0 fully saturated rings. The average molecular weight is 398 g/mol. The van der Waals surface area contributed by atoms with Gasteiger partial charge in [-0.3, -0.25) is 0 Å². The Labute approximate surface area is 178 Å². The van der Waals surface area contributed by atoms with Crippen LogP contribution in [-0.2, 0) is 5.41 Å². The van der Waals surface area contributed by atoms with Gasteiger partial charge in [0.05, 0.1) is 17.4 Å². The summed E-state index contributed by atoms with van der Waals surface area (Å²) >= 11 is 0. The number of aryl methyl sites for hydroxylation is 1. The van der Waals surface area contributed by atoms with Gasteiger partial charge in [-0.15, -0.1) is 0 Å². The number of nitrogens with zero attached hydrogens (tertiary/aromatic N) is 1. The fourth-order valence-electron chi connectivity index (χ4n) is 4.01. The van der Waals surface area contributed by atoms with Gasteiger partial charge >= 0.3 is 0 Å². The van der Waals surface area contributed by atoms with E-state index in [2.05, 4.69) is 55.4 Å². The van der Waals surface area contributed by atoms with Gasteiger partial charge in [-0.2, -0.15) is 0 Å². The lowest BCUT2D eigenvalue weighted by molar-refractivity contribution is 0.140. The summed E-state index contributed by atoms with van der Waals surface area (Å²) in [6.45, 7) is 6.20. The number of aromatic nitrogens is 1. The van der Waals surface area contributed by atoms with Crippen LogP contribution in [0, 0.1) is 6.92 Å². The Hall–Kier alpha value is -3.17. The van der Waals surface area contributed by atoms with Crippen LogP contribution in [-0.4, -0.2) is 10.3 Å². The number of aliphatic hydroxyl groups is 1. The maximum atomic E-state index is 11.2. The molecule has 1 aromatic heterocycles. The first-order chi connectivity index (χ1) is 14.5. The molecule has 1 N–H and O–H groups in total. The zero-order valence-electron chi connectivity index (χ0n) is 17.7. The first kappa shape index (κ1) is 20.1. The van der Waals surface area contributed by atoms with Gasteiger partial charge in [0.2, 0.25) is 0 Å². The van der Waals surface area contributed by atoms with Gasteiger partial charge in [-0.05, 0) is 35.4 Å². The summed E-state index contributed by atoms with van der Waals surface area (Å²) in [7, 11) is 0. The van der Waals surface area contributed by atoms with Crippen molar-refractivity contribution in [3.8, 4) is 22.5 Å². The van der Waals surface area contributed by atoms with Crippen molar-refractivity contribution >= 4 is 0 Å². The number of aliphatic hydroxyl groups excluding tert-OH is 1. The van der Waals surface area contributed by atoms with Gasteiger partial charge in [0.25, 0.3) is 0 Å². The quantitative estimate of drug-likeness (QED) is 0.393. The molecule has 1 unspecified atom stereocenters. The molecule has 3 aromatic carbocycles. The van der Waals surface area contributed by atoms with Crippen molar-refractivity contribution in [2.24, 2.45) is 0 Å². The van der Waals surface area contributed by atoms with Gasteiger partial charge < -0.3 is 9.63 Å². The van der Waals surface area contributed by atoms with Gasteiger partial charge in [-0.25, -0.2) is 0 Å². The number of hydrogen-bond acceptors (Lipinski definition) is 3. The maximum absolute atomic E-state index is 11.2. The molecular formula is C27H27NO2. The molecule has 152 valence electrons. The first-order valence-corrected chi connectivity index (χ1v) is 10.3. The maximum Gasteiger partial charge on any atom is 0.172 e. The predicted octanol–water partition coefficient (Wildman–Crippen LogP) is 6.72. The Morgan fingerprint density at radius 3 is 1.97 bits per heavy atom. The molecule has 3 nitrogen and oxygen atoms in total. The highest BCUT2D eigenvalue weighted by atomic mass is 16.5. The average Bonchev–Trinajstić information content (AvgIpc) is 3.16. The lowest BCUT2D eigenvalue weighted by atomic mass is 9.78. The van der Waals surface area contributed by atoms with Crippen molar-refractivity contribution in [3.05, 3.63) is 102 Å². The van der Waals surface area contributed by atoms with Crippen LogP contribution in [0.5, 0.6) is 0 Å². The zero-order valence-corrected chi connectivity index (χ0v) is 17.7. The molecule has 0 aliphatic carbocycles. The van der Waals surface area contributed by atoms with E-state index in [4.69, 9.17) is 4.52 Å². The fourth-order valence-corrected chi connectivity index (χ4v) is 4.01. The SMILES string of the molecule is Cc1noc(-c2ccc(-c3ccccc3)cc2)c1C(O)CC(C)(C)c1ccccc1. The van der Waals surface area contributed by atoms with Gasteiger partial charge in [0, 0.05) is 5.56 Å². The predicted molar refractivity (Wildman–Crippen MR) is 121 cm³/mol. The van der Waals surface area contributed by atoms with E-state index in [-0.39, 0.29) is 5.41 Å². The minimum atomic E-state index is -0.671. The highest BCUT2D eigenvalue weighted by Gasteiger charge is 2.29. The lowest BCUT2D eigenvalue weighted by Crippen LogP contribution is -2.21. The molecule has 0 aliphatic heterocycles. The van der Waals surface area contributed by atoms with Gasteiger partial charge in [0.15, 0.2) is 5.76 Å². The summed E-state index contributed by atoms with van der Waals surface area (Å²) in [5, 5.41) is 15.3. The second-order valence-corrected chi connectivity index (χ2v) is 8.42. The largest absolute Gasteiger partial charge is 0.388 e. The van der Waals surface area contributed by atoms with Crippen LogP contribution in [0.25, 0.3) is 22.5 Å². The molecule has 3 heteroatoms. The molecule has 0 amide bonds. The van der Waals surface area contributed by atoms with E-state index >= 15 is 0 Å². The van der Waals surface area contributed by atoms with Crippen LogP contribution in [0.15, 0.2) is 89.5 Å². The van der Waals surface area contributed by atoms with Crippen molar-refractivity contribution in [3.63, 3.8) is 0 Å². The number of rotatable bonds is 6. The number of benzene rings is 3. The highest BCUT2D eigenvalue weighted by Crippen LogP contribution is 2.39. The van der Waals surface area contributed by atoms with E-state index in [1.54, 1.807) is 0 Å². The molecule has 4 aromatic rings. The molecule has 0 aliphatic rings. The monoisotopic (exact) mass is 397 g/mol. The summed E-state index contributed by atoms with van der Waals surface area (Å²) in [5.41, 5.74) is 5.75. The van der Waals surface area contributed by atoms with Crippen molar-refractivity contribution < 1.29 is 9.63 Å². The Morgan fingerprint density at radius 1 is 0.800 bits per heavy atom. The molecule has 0 saturated heterocycles. The van der Waals surface area contributed by atoms with Gasteiger partial charge in [-0.1, -0.05) is 104 Å². The van der Waals surface area contributed by atoms with Crippen molar-refractivity contribution in [2.75, 3.05) is 0 Å². The van der Waals surface area contributed by atoms with Crippen molar-refractivity contribution in [1.82, 2.24) is 5.16 Å². The van der Waals surface area contributed by atoms with Crippen LogP contribution in [0.3, 0.4) is 0 Å². The number of hydrogen-bond donors (Lipinski definition) is 1. The van der Waals surface area contributed by atoms with Crippen LogP contribution < -0.4 is 0 Å². The molecular weight excluding hydrogens is 370 g/mol. The van der Waals surface area contributed by atoms with Gasteiger partial charge in [0.1, 0.15) is 0 Å². The first-order valence-electron chi connectivity index (χ1n) is 10.3. The summed E-state index contributed by atoms with van der Waals surface area (Å²) in [4.78, 5) is 0. The smallest absolute Gasteiger partial charge is 0.172 e. The lowest BCUT2D eigenvalue weighted by Gasteiger charge is -2.28. The normalized spacial score (nSPS) is 12.7. The van der Waals surface area contributed by atoms with Crippen molar-refractivity contribution in [2.45, 2.75) is 38.7 Å². The highest BCUT2D eigenvalue weighted by molar-refractivity contribution is 5.69. The van der Waals surface area contributed by atoms with E-state index in [9.17, 15) is 5.11 Å². The van der Waals surface area contributed by atoms with Crippen LogP contribution in [0.1, 0.15) is 43.2 Å². The third kappa shape index (κ3) is 4.07. The van der Waals surface area contributed by atoms with E-state index < -0.39 is 6.10 Å². The Bertz CT molecular complexity index is 1100. The van der Waals surface area contributed by atoms with E-state index in [0.29, 0.717) is 12.2 Å². The Kier molecular flexibility index (Phi) is 5.56. The van der Waals surface area contributed by atoms with Crippen LogP contribution in [0.2, 0.25) is 0 Å². The summed E-state index contributed by atoms with van der Waals surface area (Å²) < 4.78 is 5.66. The standard InChI is InChI=1S/C27H27NO2/c1-19-25(24(29)18-27(2,3)23-12-8-5-9-13-23)26(30-28-19)22-16-14-21(15-17-22)20-10-6-4-7-11-20/h4-17,24,29H,18H2,1-3H3. The van der Waals surface area contributed by atoms with Crippen LogP contribution >= 0.6 is 0 Å². The minimum Gasteiger partial charge on any atom is -0.388 e. The molecule has 30 heavy (non-hydrogen) atoms. The molecule has 4 rings (SSSR count). The molecule has 0 spiro atoms. The van der Waals surface area contributed by atoms with Crippen LogP contribution in [0.4, 0.5) is 0 Å². The summed E-state index contributed by atoms with van der Waals surface area (Å²) in [5.74, 6) is 0.642.